The SMILES string of the molecule is CCCCCCCCCCCCC(C(=O)O)C(O)(CC(=O)O)C(=O)O. The fourth-order valence-electron chi connectivity index (χ4n) is 2.98. The number of unbranched alkanes of at least 4 members (excludes halogenated alkanes) is 9. The molecule has 2 atom stereocenters. The van der Waals surface area contributed by atoms with Crippen LogP contribution in [-0.2, 0) is 14.4 Å². The number of carboxylic acids is 3. The van der Waals surface area contributed by atoms with Gasteiger partial charge in [0.15, 0.2) is 5.60 Å². The van der Waals surface area contributed by atoms with E-state index in [-0.39, 0.29) is 6.42 Å². The third-order valence-electron chi connectivity index (χ3n) is 4.51. The van der Waals surface area contributed by atoms with Gasteiger partial charge in [0.25, 0.3) is 0 Å². The zero-order valence-electron chi connectivity index (χ0n) is 15.1. The molecule has 0 rings (SSSR count). The zero-order chi connectivity index (χ0) is 19.3. The maximum Gasteiger partial charge on any atom is 0.337 e. The summed E-state index contributed by atoms with van der Waals surface area (Å²) in [5.74, 6) is -6.47. The van der Waals surface area contributed by atoms with Crippen molar-refractivity contribution in [1.29, 1.82) is 0 Å². The molecule has 0 saturated heterocycles. The second kappa shape index (κ2) is 12.7. The molecule has 7 heteroatoms. The van der Waals surface area contributed by atoms with Gasteiger partial charge in [-0.2, -0.15) is 0 Å². The van der Waals surface area contributed by atoms with Crippen molar-refractivity contribution in [2.45, 2.75) is 89.6 Å². The molecular formula is C18H32O7. The van der Waals surface area contributed by atoms with Gasteiger partial charge in [-0.15, -0.1) is 0 Å². The van der Waals surface area contributed by atoms with Gasteiger partial charge in [-0.1, -0.05) is 71.1 Å². The van der Waals surface area contributed by atoms with E-state index < -0.39 is 35.8 Å². The predicted molar refractivity (Wildman–Crippen MR) is 92.4 cm³/mol. The van der Waals surface area contributed by atoms with Crippen LogP contribution in [0, 0.1) is 5.92 Å². The van der Waals surface area contributed by atoms with Crippen molar-refractivity contribution in [2.75, 3.05) is 0 Å². The molecule has 7 nitrogen and oxygen atoms in total. The van der Waals surface area contributed by atoms with Crippen molar-refractivity contribution in [3.8, 4) is 0 Å². The second-order valence-electron chi connectivity index (χ2n) is 6.66. The fraction of sp³-hybridized carbons (Fsp3) is 0.833. The number of hydrogen-bond donors (Lipinski definition) is 4. The fourth-order valence-corrected chi connectivity index (χ4v) is 2.98. The van der Waals surface area contributed by atoms with Crippen LogP contribution in [0.2, 0.25) is 0 Å². The third-order valence-corrected chi connectivity index (χ3v) is 4.51. The predicted octanol–water partition coefficient (Wildman–Crippen LogP) is 3.29. The summed E-state index contributed by atoms with van der Waals surface area (Å²) in [5.41, 5.74) is -2.78. The number of aliphatic carboxylic acids is 3. The van der Waals surface area contributed by atoms with Gasteiger partial charge in [-0.3, -0.25) is 9.59 Å². The molecule has 0 spiro atoms. The molecular weight excluding hydrogens is 328 g/mol. The van der Waals surface area contributed by atoms with Crippen molar-refractivity contribution in [3.05, 3.63) is 0 Å². The average Bonchev–Trinajstić information content (AvgIpc) is 2.51. The van der Waals surface area contributed by atoms with Crippen LogP contribution in [0.5, 0.6) is 0 Å². The second-order valence-corrected chi connectivity index (χ2v) is 6.66. The first-order chi connectivity index (χ1) is 11.8. The minimum atomic E-state index is -2.78. The molecule has 0 aliphatic rings. The van der Waals surface area contributed by atoms with Crippen molar-refractivity contribution in [3.63, 3.8) is 0 Å². The largest absolute Gasteiger partial charge is 0.481 e. The molecule has 0 aromatic heterocycles. The Labute approximate surface area is 149 Å². The minimum absolute atomic E-state index is 0.0537. The van der Waals surface area contributed by atoms with E-state index in [1.165, 1.54) is 32.1 Å². The monoisotopic (exact) mass is 360 g/mol. The molecule has 0 aromatic carbocycles. The Kier molecular flexibility index (Phi) is 11.9. The van der Waals surface area contributed by atoms with Crippen molar-refractivity contribution < 1.29 is 34.8 Å². The number of carbonyl (C=O) groups is 3. The van der Waals surface area contributed by atoms with Gasteiger partial charge >= 0.3 is 17.9 Å². The molecule has 2 unspecified atom stereocenters. The van der Waals surface area contributed by atoms with Crippen molar-refractivity contribution in [1.82, 2.24) is 0 Å². The third kappa shape index (κ3) is 9.43. The van der Waals surface area contributed by atoms with Crippen LogP contribution in [0.4, 0.5) is 0 Å². The summed E-state index contributed by atoms with van der Waals surface area (Å²) in [6.07, 6.45) is 9.26. The molecule has 25 heavy (non-hydrogen) atoms. The molecule has 0 radical (unpaired) electrons. The Morgan fingerprint density at radius 3 is 1.60 bits per heavy atom. The molecule has 0 aliphatic carbocycles. The molecule has 0 saturated carbocycles. The highest BCUT2D eigenvalue weighted by molar-refractivity contribution is 5.89. The van der Waals surface area contributed by atoms with Crippen LogP contribution in [0.1, 0.15) is 84.0 Å². The molecule has 0 aliphatic heterocycles. The smallest absolute Gasteiger partial charge is 0.337 e. The number of rotatable bonds is 16. The zero-order valence-corrected chi connectivity index (χ0v) is 15.1. The summed E-state index contributed by atoms with van der Waals surface area (Å²) < 4.78 is 0. The normalized spacial score (nSPS) is 14.6. The van der Waals surface area contributed by atoms with E-state index in [4.69, 9.17) is 10.2 Å². The summed E-state index contributed by atoms with van der Waals surface area (Å²) in [7, 11) is 0. The van der Waals surface area contributed by atoms with Gasteiger partial charge in [0.1, 0.15) is 0 Å². The highest BCUT2D eigenvalue weighted by atomic mass is 16.4. The van der Waals surface area contributed by atoms with Gasteiger partial charge in [0.2, 0.25) is 0 Å². The lowest BCUT2D eigenvalue weighted by Crippen LogP contribution is -2.50. The summed E-state index contributed by atoms with van der Waals surface area (Å²) in [6, 6.07) is 0. The maximum atomic E-state index is 11.3. The highest BCUT2D eigenvalue weighted by Crippen LogP contribution is 2.28. The topological polar surface area (TPSA) is 132 Å². The molecule has 0 heterocycles. The average molecular weight is 360 g/mol. The summed E-state index contributed by atoms with van der Waals surface area (Å²) in [5, 5.41) is 37.1. The van der Waals surface area contributed by atoms with Crippen LogP contribution in [-0.4, -0.2) is 43.9 Å². The van der Waals surface area contributed by atoms with Crippen molar-refractivity contribution in [2.24, 2.45) is 5.92 Å². The Morgan fingerprint density at radius 1 is 0.800 bits per heavy atom. The molecule has 4 N–H and O–H groups in total. The number of carboxylic acid groups (broad SMARTS) is 3. The van der Waals surface area contributed by atoms with E-state index in [2.05, 4.69) is 6.92 Å². The van der Waals surface area contributed by atoms with E-state index in [1.54, 1.807) is 0 Å². The lowest BCUT2D eigenvalue weighted by atomic mass is 9.81. The number of hydrogen-bond acceptors (Lipinski definition) is 4. The van der Waals surface area contributed by atoms with Crippen LogP contribution in [0.15, 0.2) is 0 Å². The van der Waals surface area contributed by atoms with Crippen LogP contribution < -0.4 is 0 Å². The standard InChI is InChI=1S/C18H32O7/c1-2-3-4-5-6-7-8-9-10-11-12-14(16(21)22)18(25,17(23)24)13-15(19)20/h14,25H,2-13H2,1H3,(H,19,20)(H,21,22)(H,23,24). The summed E-state index contributed by atoms with van der Waals surface area (Å²) in [4.78, 5) is 33.3. The van der Waals surface area contributed by atoms with Gasteiger partial charge < -0.3 is 20.4 Å². The molecule has 146 valence electrons. The van der Waals surface area contributed by atoms with Crippen LogP contribution >= 0.6 is 0 Å². The summed E-state index contributed by atoms with van der Waals surface area (Å²) >= 11 is 0. The van der Waals surface area contributed by atoms with Crippen LogP contribution in [0.25, 0.3) is 0 Å². The van der Waals surface area contributed by atoms with Crippen LogP contribution in [0.3, 0.4) is 0 Å². The Morgan fingerprint density at radius 2 is 1.24 bits per heavy atom. The number of aliphatic hydroxyl groups is 1. The van der Waals surface area contributed by atoms with E-state index in [0.29, 0.717) is 6.42 Å². The lowest BCUT2D eigenvalue weighted by molar-refractivity contribution is -0.179. The minimum Gasteiger partial charge on any atom is -0.481 e. The van der Waals surface area contributed by atoms with Gasteiger partial charge in [-0.05, 0) is 6.42 Å². The summed E-state index contributed by atoms with van der Waals surface area (Å²) in [6.45, 7) is 2.17. The molecule has 0 fully saturated rings. The molecule has 0 amide bonds. The lowest BCUT2D eigenvalue weighted by Gasteiger charge is -2.28. The first-order valence-corrected chi connectivity index (χ1v) is 9.16. The Hall–Kier alpha value is -1.63. The van der Waals surface area contributed by atoms with Crippen molar-refractivity contribution >= 4 is 17.9 Å². The molecule has 0 aromatic rings. The quantitative estimate of drug-likeness (QED) is 0.310. The van der Waals surface area contributed by atoms with E-state index in [1.807, 2.05) is 0 Å². The van der Waals surface area contributed by atoms with Gasteiger partial charge in [-0.25, -0.2) is 4.79 Å². The molecule has 0 bridgehead atoms. The Balaban J connectivity index is 4.22. The maximum absolute atomic E-state index is 11.3. The van der Waals surface area contributed by atoms with Gasteiger partial charge in [0, 0.05) is 0 Å². The highest BCUT2D eigenvalue weighted by Gasteiger charge is 2.49. The Bertz CT molecular complexity index is 422. The van der Waals surface area contributed by atoms with E-state index in [0.717, 1.165) is 25.7 Å². The van der Waals surface area contributed by atoms with E-state index in [9.17, 15) is 24.6 Å². The van der Waals surface area contributed by atoms with Gasteiger partial charge in [0.05, 0.1) is 12.3 Å². The first kappa shape index (κ1) is 23.4. The first-order valence-electron chi connectivity index (χ1n) is 9.16. The van der Waals surface area contributed by atoms with E-state index >= 15 is 0 Å².